The summed E-state index contributed by atoms with van der Waals surface area (Å²) in [6, 6.07) is 11.4. The zero-order valence-electron chi connectivity index (χ0n) is 23.7. The molecule has 0 bridgehead atoms. The van der Waals surface area contributed by atoms with E-state index in [1.165, 1.54) is 18.2 Å². The predicted octanol–water partition coefficient (Wildman–Crippen LogP) is 4.15. The third-order valence-electron chi connectivity index (χ3n) is 7.48. The van der Waals surface area contributed by atoms with Gasteiger partial charge in [-0.3, -0.25) is 14.5 Å². The number of hydrogen-bond donors (Lipinski definition) is 2. The number of ketones is 1. The fourth-order valence-corrected chi connectivity index (χ4v) is 7.13. The van der Waals surface area contributed by atoms with Gasteiger partial charge in [0.25, 0.3) is 5.91 Å². The number of benzene rings is 2. The minimum Gasteiger partial charge on any atom is -0.465 e. The average molecular weight is 588 g/mol. The molecule has 12 heteroatoms. The molecule has 2 aliphatic rings. The van der Waals surface area contributed by atoms with E-state index >= 15 is 0 Å². The molecule has 1 fully saturated rings. The molecule has 2 heterocycles. The van der Waals surface area contributed by atoms with Gasteiger partial charge in [0.2, 0.25) is 22.6 Å². The fraction of sp³-hybridized carbons (Fsp3) is 0.483. The second-order valence-corrected chi connectivity index (χ2v) is 13.1. The molecule has 2 aliphatic heterocycles. The summed E-state index contributed by atoms with van der Waals surface area (Å²) in [6.07, 6.45) is -1.36. The lowest BCUT2D eigenvalue weighted by molar-refractivity contribution is -0.142. The van der Waals surface area contributed by atoms with Crippen molar-refractivity contribution in [3.8, 4) is 11.5 Å². The van der Waals surface area contributed by atoms with E-state index in [-0.39, 0.29) is 36.8 Å². The molecule has 41 heavy (non-hydrogen) atoms. The number of carboxylic acid groups (broad SMARTS) is 1. The number of fused-ring (bicyclic) bond motifs is 1. The summed E-state index contributed by atoms with van der Waals surface area (Å²) in [5.74, 6) is -1.16. The third kappa shape index (κ3) is 6.48. The van der Waals surface area contributed by atoms with E-state index in [1.807, 2.05) is 51.1 Å². The van der Waals surface area contributed by atoms with Gasteiger partial charge < -0.3 is 19.9 Å². The van der Waals surface area contributed by atoms with E-state index < -0.39 is 51.5 Å². The Labute approximate surface area is 240 Å². The van der Waals surface area contributed by atoms with E-state index in [0.717, 1.165) is 14.8 Å². The number of amides is 2. The third-order valence-corrected chi connectivity index (χ3v) is 9.32. The second-order valence-electron chi connectivity index (χ2n) is 11.2. The Morgan fingerprint density at radius 1 is 1.12 bits per heavy atom. The van der Waals surface area contributed by atoms with Crippen LogP contribution in [-0.2, 0) is 19.6 Å². The van der Waals surface area contributed by atoms with Crippen molar-refractivity contribution in [2.24, 2.45) is 5.41 Å². The number of sulfonamides is 1. The SMILES string of the molecule is CCCC[C@@H](C(=O)C(=O)N[C@H](C)c1ccccc1)N(C(=O)O)C1CC(C)(C)CN1S(=O)(=O)c1ccc2c(c1)OCO2. The summed E-state index contributed by atoms with van der Waals surface area (Å²) in [5.41, 5.74) is 0.178. The van der Waals surface area contributed by atoms with Gasteiger partial charge in [-0.25, -0.2) is 13.2 Å². The lowest BCUT2D eigenvalue weighted by atomic mass is 9.91. The van der Waals surface area contributed by atoms with Crippen molar-refractivity contribution in [2.45, 2.75) is 76.5 Å². The number of unbranched alkanes of at least 4 members (excludes halogenated alkanes) is 1. The van der Waals surface area contributed by atoms with Gasteiger partial charge in [-0.1, -0.05) is 63.9 Å². The largest absolute Gasteiger partial charge is 0.465 e. The Bertz CT molecular complexity index is 1400. The lowest BCUT2D eigenvalue weighted by Gasteiger charge is -2.37. The van der Waals surface area contributed by atoms with Crippen LogP contribution in [-0.4, -0.2) is 66.1 Å². The number of carbonyl (C=O) groups excluding carboxylic acids is 2. The molecule has 0 aliphatic carbocycles. The highest BCUT2D eigenvalue weighted by molar-refractivity contribution is 7.89. The van der Waals surface area contributed by atoms with E-state index in [4.69, 9.17) is 9.47 Å². The summed E-state index contributed by atoms with van der Waals surface area (Å²) in [6.45, 7) is 7.29. The number of carbonyl (C=O) groups is 3. The molecule has 0 aromatic heterocycles. The van der Waals surface area contributed by atoms with Crippen molar-refractivity contribution in [2.75, 3.05) is 13.3 Å². The molecule has 2 aromatic rings. The standard InChI is InChI=1S/C29H37N3O8S/c1-5-6-12-22(26(33)27(34)30-19(2)20-10-8-7-9-11-20)32(28(35)36)25-16-29(3,4)17-31(25)41(37,38)21-13-14-23-24(15-21)40-18-39-23/h7-11,13-15,19,22,25H,5-6,12,16-18H2,1-4H3,(H,30,34)(H,35,36)/t19-,22+,25?/m1/s1. The van der Waals surface area contributed by atoms with E-state index in [0.29, 0.717) is 18.6 Å². The second kappa shape index (κ2) is 12.1. The number of Topliss-reactive ketones (excluding diaryl/α,β-unsaturated/α-hetero) is 1. The minimum atomic E-state index is -4.23. The monoisotopic (exact) mass is 587 g/mol. The highest BCUT2D eigenvalue weighted by Crippen LogP contribution is 2.42. The zero-order valence-corrected chi connectivity index (χ0v) is 24.5. The molecule has 3 atom stereocenters. The smallest absolute Gasteiger partial charge is 0.409 e. The van der Waals surface area contributed by atoms with Gasteiger partial charge >= 0.3 is 6.09 Å². The molecule has 222 valence electrons. The first-order chi connectivity index (χ1) is 19.4. The molecular formula is C29H37N3O8S. The highest BCUT2D eigenvalue weighted by atomic mass is 32.2. The van der Waals surface area contributed by atoms with Gasteiger partial charge in [0.15, 0.2) is 11.5 Å². The molecular weight excluding hydrogens is 550 g/mol. The number of nitrogens with zero attached hydrogens (tertiary/aromatic N) is 2. The molecule has 0 spiro atoms. The van der Waals surface area contributed by atoms with Gasteiger partial charge in [0.1, 0.15) is 12.2 Å². The van der Waals surface area contributed by atoms with E-state index in [2.05, 4.69) is 5.32 Å². The van der Waals surface area contributed by atoms with Crippen LogP contribution in [0.25, 0.3) is 0 Å². The summed E-state index contributed by atoms with van der Waals surface area (Å²) in [7, 11) is -4.23. The van der Waals surface area contributed by atoms with Crippen molar-refractivity contribution >= 4 is 27.8 Å². The molecule has 1 unspecified atom stereocenters. The first-order valence-electron chi connectivity index (χ1n) is 13.7. The van der Waals surface area contributed by atoms with Crippen LogP contribution in [0.4, 0.5) is 4.79 Å². The van der Waals surface area contributed by atoms with Gasteiger partial charge in [0, 0.05) is 12.6 Å². The van der Waals surface area contributed by atoms with Gasteiger partial charge in [-0.05, 0) is 42.9 Å². The Morgan fingerprint density at radius 2 is 1.80 bits per heavy atom. The molecule has 1 saturated heterocycles. The quantitative estimate of drug-likeness (QED) is 0.374. The molecule has 2 aromatic carbocycles. The minimum absolute atomic E-state index is 0.0180. The van der Waals surface area contributed by atoms with Gasteiger partial charge in [0.05, 0.1) is 10.9 Å². The van der Waals surface area contributed by atoms with Crippen molar-refractivity contribution in [3.63, 3.8) is 0 Å². The number of rotatable bonds is 11. The van der Waals surface area contributed by atoms with Crippen LogP contribution in [0.3, 0.4) is 0 Å². The summed E-state index contributed by atoms with van der Waals surface area (Å²) < 4.78 is 39.7. The van der Waals surface area contributed by atoms with Gasteiger partial charge in [-0.15, -0.1) is 0 Å². The molecule has 0 saturated carbocycles. The summed E-state index contributed by atoms with van der Waals surface area (Å²) >= 11 is 0. The van der Waals surface area contributed by atoms with E-state index in [9.17, 15) is 27.9 Å². The van der Waals surface area contributed by atoms with Crippen LogP contribution in [0.5, 0.6) is 11.5 Å². The Balaban J connectivity index is 1.67. The van der Waals surface area contributed by atoms with Crippen LogP contribution in [0.2, 0.25) is 0 Å². The van der Waals surface area contributed by atoms with Crippen LogP contribution >= 0.6 is 0 Å². The molecule has 2 N–H and O–H groups in total. The normalized spacial score (nSPS) is 19.4. The number of hydrogen-bond acceptors (Lipinski definition) is 7. The first-order valence-corrected chi connectivity index (χ1v) is 15.1. The van der Waals surface area contributed by atoms with E-state index in [1.54, 1.807) is 6.92 Å². The summed E-state index contributed by atoms with van der Waals surface area (Å²) in [5, 5.41) is 13.1. The topological polar surface area (TPSA) is 143 Å². The number of nitrogens with one attached hydrogen (secondary N) is 1. The maximum absolute atomic E-state index is 13.9. The fourth-order valence-electron chi connectivity index (χ4n) is 5.35. The van der Waals surface area contributed by atoms with Crippen molar-refractivity contribution in [1.29, 1.82) is 0 Å². The Hall–Kier alpha value is -3.64. The average Bonchev–Trinajstić information content (AvgIpc) is 3.54. The van der Waals surface area contributed by atoms with Crippen molar-refractivity contribution < 1.29 is 37.4 Å². The van der Waals surface area contributed by atoms with Gasteiger partial charge in [-0.2, -0.15) is 4.31 Å². The Kier molecular flexibility index (Phi) is 8.93. The molecule has 11 nitrogen and oxygen atoms in total. The predicted molar refractivity (Wildman–Crippen MR) is 150 cm³/mol. The maximum atomic E-state index is 13.9. The van der Waals surface area contributed by atoms with Crippen LogP contribution in [0, 0.1) is 5.41 Å². The zero-order chi connectivity index (χ0) is 29.9. The van der Waals surface area contributed by atoms with Crippen molar-refractivity contribution in [1.82, 2.24) is 14.5 Å². The Morgan fingerprint density at radius 3 is 2.46 bits per heavy atom. The number of ether oxygens (including phenoxy) is 2. The molecule has 0 radical (unpaired) electrons. The lowest BCUT2D eigenvalue weighted by Crippen LogP contribution is -2.58. The maximum Gasteiger partial charge on any atom is 0.409 e. The highest BCUT2D eigenvalue weighted by Gasteiger charge is 2.51. The first kappa shape index (κ1) is 30.3. The van der Waals surface area contributed by atoms with Crippen molar-refractivity contribution in [3.05, 3.63) is 54.1 Å². The van der Waals surface area contributed by atoms with Crippen LogP contribution in [0.15, 0.2) is 53.4 Å². The van der Waals surface area contributed by atoms with Crippen LogP contribution < -0.4 is 14.8 Å². The van der Waals surface area contributed by atoms with Crippen LogP contribution in [0.1, 0.15) is 65.0 Å². The molecule has 2 amide bonds. The molecule has 4 rings (SSSR count). The summed E-state index contributed by atoms with van der Waals surface area (Å²) in [4.78, 5) is 40.4.